The summed E-state index contributed by atoms with van der Waals surface area (Å²) in [5, 5.41) is 5.11. The van der Waals surface area contributed by atoms with Crippen molar-refractivity contribution >= 4 is 35.1 Å². The smallest absolute Gasteiger partial charge is 0.203 e. The summed E-state index contributed by atoms with van der Waals surface area (Å²) >= 11 is 11.8. The molecule has 2 aromatic carbocycles. The van der Waals surface area contributed by atoms with Crippen molar-refractivity contribution in [2.24, 2.45) is 5.10 Å². The molecular formula is C16H16Cl2N2O3. The van der Waals surface area contributed by atoms with Gasteiger partial charge in [0.2, 0.25) is 5.75 Å². The van der Waals surface area contributed by atoms with E-state index in [1.807, 2.05) is 0 Å². The van der Waals surface area contributed by atoms with Crippen molar-refractivity contribution in [2.75, 3.05) is 26.8 Å². The van der Waals surface area contributed by atoms with E-state index in [4.69, 9.17) is 37.4 Å². The second-order valence-electron chi connectivity index (χ2n) is 4.46. The van der Waals surface area contributed by atoms with Crippen molar-refractivity contribution in [2.45, 2.75) is 0 Å². The Kier molecular flexibility index (Phi) is 5.96. The van der Waals surface area contributed by atoms with Crippen LogP contribution in [0.1, 0.15) is 5.56 Å². The van der Waals surface area contributed by atoms with Gasteiger partial charge >= 0.3 is 0 Å². The minimum absolute atomic E-state index is 0.458. The largest absolute Gasteiger partial charge is 0.493 e. The number of hydrogen-bond acceptors (Lipinski definition) is 5. The molecule has 5 nitrogen and oxygen atoms in total. The van der Waals surface area contributed by atoms with Gasteiger partial charge in [0.15, 0.2) is 11.5 Å². The van der Waals surface area contributed by atoms with Gasteiger partial charge in [0.25, 0.3) is 0 Å². The van der Waals surface area contributed by atoms with Gasteiger partial charge in [-0.2, -0.15) is 5.10 Å². The lowest BCUT2D eigenvalue weighted by Gasteiger charge is -2.12. The highest BCUT2D eigenvalue weighted by molar-refractivity contribution is 6.42. The van der Waals surface area contributed by atoms with Gasteiger partial charge in [0.1, 0.15) is 0 Å². The molecule has 0 radical (unpaired) electrons. The van der Waals surface area contributed by atoms with Gasteiger partial charge in [-0.15, -0.1) is 0 Å². The van der Waals surface area contributed by atoms with Crippen LogP contribution in [0.5, 0.6) is 17.2 Å². The number of benzene rings is 2. The molecule has 2 aromatic rings. The van der Waals surface area contributed by atoms with Gasteiger partial charge in [0.05, 0.1) is 43.3 Å². The molecule has 0 bridgehead atoms. The highest BCUT2D eigenvalue weighted by atomic mass is 35.5. The minimum atomic E-state index is 0.458. The van der Waals surface area contributed by atoms with Crippen LogP contribution in [0.25, 0.3) is 0 Å². The molecule has 0 saturated heterocycles. The number of ether oxygens (including phenoxy) is 3. The molecule has 0 atom stereocenters. The number of hydrogen-bond donors (Lipinski definition) is 1. The third-order valence-corrected chi connectivity index (χ3v) is 3.75. The molecule has 2 rings (SSSR count). The zero-order valence-corrected chi connectivity index (χ0v) is 14.4. The van der Waals surface area contributed by atoms with Gasteiger partial charge < -0.3 is 14.2 Å². The molecule has 0 aliphatic heterocycles. The number of rotatable bonds is 6. The quantitative estimate of drug-likeness (QED) is 0.614. The van der Waals surface area contributed by atoms with E-state index in [-0.39, 0.29) is 0 Å². The number of nitrogens with one attached hydrogen (secondary N) is 1. The molecule has 122 valence electrons. The summed E-state index contributed by atoms with van der Waals surface area (Å²) in [5.41, 5.74) is 4.39. The maximum Gasteiger partial charge on any atom is 0.203 e. The lowest BCUT2D eigenvalue weighted by Crippen LogP contribution is -1.97. The van der Waals surface area contributed by atoms with Crippen LogP contribution in [-0.2, 0) is 0 Å². The average Bonchev–Trinajstić information content (AvgIpc) is 2.57. The molecular weight excluding hydrogens is 339 g/mol. The Morgan fingerprint density at radius 1 is 0.913 bits per heavy atom. The van der Waals surface area contributed by atoms with Crippen molar-refractivity contribution in [3.8, 4) is 17.2 Å². The predicted octanol–water partition coefficient (Wildman–Crippen LogP) is 4.47. The van der Waals surface area contributed by atoms with Crippen LogP contribution in [0.2, 0.25) is 10.0 Å². The van der Waals surface area contributed by atoms with E-state index in [1.165, 1.54) is 0 Å². The van der Waals surface area contributed by atoms with E-state index in [1.54, 1.807) is 57.9 Å². The summed E-state index contributed by atoms with van der Waals surface area (Å²) in [4.78, 5) is 0. The van der Waals surface area contributed by atoms with E-state index in [0.29, 0.717) is 27.3 Å². The van der Waals surface area contributed by atoms with Gasteiger partial charge in [-0.1, -0.05) is 23.2 Å². The normalized spacial score (nSPS) is 10.7. The third kappa shape index (κ3) is 4.21. The first-order valence-electron chi connectivity index (χ1n) is 6.63. The second-order valence-corrected chi connectivity index (χ2v) is 5.27. The Bertz CT molecular complexity index is 695. The van der Waals surface area contributed by atoms with Gasteiger partial charge in [-0.25, -0.2) is 0 Å². The third-order valence-electron chi connectivity index (χ3n) is 3.01. The second kappa shape index (κ2) is 7.94. The molecule has 0 aliphatic carbocycles. The minimum Gasteiger partial charge on any atom is -0.493 e. The SMILES string of the molecule is COc1cc(C=NNc2ccc(Cl)c(Cl)c2)cc(OC)c1OC. The fourth-order valence-electron chi connectivity index (χ4n) is 1.92. The average molecular weight is 355 g/mol. The first kappa shape index (κ1) is 17.2. The van der Waals surface area contributed by atoms with E-state index in [2.05, 4.69) is 10.5 Å². The molecule has 0 heterocycles. The van der Waals surface area contributed by atoms with Crippen molar-refractivity contribution < 1.29 is 14.2 Å². The first-order chi connectivity index (χ1) is 11.1. The summed E-state index contributed by atoms with van der Waals surface area (Å²) in [6.07, 6.45) is 1.63. The van der Waals surface area contributed by atoms with E-state index < -0.39 is 0 Å². The molecule has 0 aromatic heterocycles. The van der Waals surface area contributed by atoms with Crippen LogP contribution in [-0.4, -0.2) is 27.5 Å². The summed E-state index contributed by atoms with van der Waals surface area (Å²) in [6, 6.07) is 8.75. The molecule has 7 heteroatoms. The molecule has 0 unspecified atom stereocenters. The van der Waals surface area contributed by atoms with Crippen LogP contribution >= 0.6 is 23.2 Å². The highest BCUT2D eigenvalue weighted by Gasteiger charge is 2.12. The van der Waals surface area contributed by atoms with Gasteiger partial charge in [0, 0.05) is 5.56 Å². The summed E-state index contributed by atoms with van der Waals surface area (Å²) < 4.78 is 15.9. The standard InChI is InChI=1S/C16H16Cl2N2O3/c1-21-14-6-10(7-15(22-2)16(14)23-3)9-19-20-11-4-5-12(17)13(18)8-11/h4-9,20H,1-3H3. The fraction of sp³-hybridized carbons (Fsp3) is 0.188. The summed E-state index contributed by atoms with van der Waals surface area (Å²) in [7, 11) is 4.68. The van der Waals surface area contributed by atoms with Crippen LogP contribution in [0, 0.1) is 0 Å². The molecule has 0 spiro atoms. The molecule has 0 aliphatic rings. The topological polar surface area (TPSA) is 52.1 Å². The van der Waals surface area contributed by atoms with Gasteiger partial charge in [-0.05, 0) is 30.3 Å². The molecule has 0 amide bonds. The zero-order valence-electron chi connectivity index (χ0n) is 12.9. The van der Waals surface area contributed by atoms with Gasteiger partial charge in [-0.3, -0.25) is 5.43 Å². The Morgan fingerprint density at radius 2 is 1.57 bits per heavy atom. The number of hydrazone groups is 1. The van der Waals surface area contributed by atoms with Crippen LogP contribution in [0.3, 0.4) is 0 Å². The predicted molar refractivity (Wildman–Crippen MR) is 93.8 cm³/mol. The van der Waals surface area contributed by atoms with E-state index in [0.717, 1.165) is 11.3 Å². The number of nitrogens with zero attached hydrogens (tertiary/aromatic N) is 1. The van der Waals surface area contributed by atoms with Crippen molar-refractivity contribution in [1.82, 2.24) is 0 Å². The van der Waals surface area contributed by atoms with Crippen molar-refractivity contribution in [1.29, 1.82) is 0 Å². The molecule has 1 N–H and O–H groups in total. The number of anilines is 1. The first-order valence-corrected chi connectivity index (χ1v) is 7.38. The van der Waals surface area contributed by atoms with E-state index in [9.17, 15) is 0 Å². The Labute approximate surface area is 144 Å². The lowest BCUT2D eigenvalue weighted by molar-refractivity contribution is 0.324. The monoisotopic (exact) mass is 354 g/mol. The van der Waals surface area contributed by atoms with Crippen LogP contribution in [0.4, 0.5) is 5.69 Å². The zero-order chi connectivity index (χ0) is 16.8. The van der Waals surface area contributed by atoms with E-state index >= 15 is 0 Å². The molecule has 0 saturated carbocycles. The number of methoxy groups -OCH3 is 3. The van der Waals surface area contributed by atoms with Crippen molar-refractivity contribution in [3.63, 3.8) is 0 Å². The van der Waals surface area contributed by atoms with Crippen molar-refractivity contribution in [3.05, 3.63) is 45.9 Å². The maximum absolute atomic E-state index is 5.95. The fourth-order valence-corrected chi connectivity index (χ4v) is 2.22. The molecule has 23 heavy (non-hydrogen) atoms. The Hall–Kier alpha value is -2.11. The Balaban J connectivity index is 2.20. The number of halogens is 2. The molecule has 0 fully saturated rings. The summed E-state index contributed by atoms with van der Waals surface area (Å²) in [6.45, 7) is 0. The highest BCUT2D eigenvalue weighted by Crippen LogP contribution is 2.37. The van der Waals surface area contributed by atoms with Crippen LogP contribution in [0.15, 0.2) is 35.4 Å². The lowest BCUT2D eigenvalue weighted by atomic mass is 10.2. The maximum atomic E-state index is 5.95. The Morgan fingerprint density at radius 3 is 2.09 bits per heavy atom. The summed E-state index contributed by atoms with van der Waals surface area (Å²) in [5.74, 6) is 1.65. The van der Waals surface area contributed by atoms with Crippen LogP contribution < -0.4 is 19.6 Å².